The molecule has 0 saturated carbocycles. The molecule has 0 saturated heterocycles. The first-order chi connectivity index (χ1) is 7.40. The minimum absolute atomic E-state index is 0.640. The standard InChI is InChI=1S/C12H11N3/c13-15-12-9-5-4-8-11(12)14-10-6-2-1-3-7-10/h1-9,13-14H. The first-order valence-corrected chi connectivity index (χ1v) is 4.69. The van der Waals surface area contributed by atoms with Gasteiger partial charge in [0.1, 0.15) is 5.69 Å². The molecule has 2 aromatic carbocycles. The second kappa shape index (κ2) is 4.37. The van der Waals surface area contributed by atoms with E-state index in [1.54, 1.807) is 6.07 Å². The molecule has 74 valence electrons. The van der Waals surface area contributed by atoms with Gasteiger partial charge in [0.25, 0.3) is 0 Å². The van der Waals surface area contributed by atoms with Crippen LogP contribution in [0.15, 0.2) is 59.7 Å². The summed E-state index contributed by atoms with van der Waals surface area (Å²) < 4.78 is 0. The van der Waals surface area contributed by atoms with Crippen molar-refractivity contribution in [2.45, 2.75) is 0 Å². The number of rotatable bonds is 3. The normalized spacial score (nSPS) is 9.60. The Morgan fingerprint density at radius 2 is 1.53 bits per heavy atom. The maximum absolute atomic E-state index is 7.04. The van der Waals surface area contributed by atoms with Gasteiger partial charge in [0.2, 0.25) is 0 Å². The van der Waals surface area contributed by atoms with E-state index in [1.165, 1.54) is 0 Å². The molecular weight excluding hydrogens is 186 g/mol. The molecule has 0 amide bonds. The number of nitrogens with zero attached hydrogens (tertiary/aromatic N) is 1. The van der Waals surface area contributed by atoms with Crippen LogP contribution < -0.4 is 5.32 Å². The van der Waals surface area contributed by atoms with E-state index in [1.807, 2.05) is 48.5 Å². The van der Waals surface area contributed by atoms with E-state index in [4.69, 9.17) is 5.53 Å². The second-order valence-electron chi connectivity index (χ2n) is 3.12. The Bertz CT molecular complexity index is 451. The third-order valence-corrected chi connectivity index (χ3v) is 2.08. The molecule has 0 heterocycles. The van der Waals surface area contributed by atoms with Gasteiger partial charge in [0.15, 0.2) is 0 Å². The predicted molar refractivity (Wildman–Crippen MR) is 61.0 cm³/mol. The highest BCUT2D eigenvalue weighted by molar-refractivity contribution is 5.71. The Morgan fingerprint density at radius 3 is 2.27 bits per heavy atom. The van der Waals surface area contributed by atoms with Gasteiger partial charge in [0, 0.05) is 5.69 Å². The molecule has 0 aliphatic heterocycles. The summed E-state index contributed by atoms with van der Waals surface area (Å²) in [6.07, 6.45) is 0. The summed E-state index contributed by atoms with van der Waals surface area (Å²) in [4.78, 5) is 0. The number of anilines is 2. The van der Waals surface area contributed by atoms with Crippen molar-refractivity contribution >= 4 is 17.1 Å². The third-order valence-electron chi connectivity index (χ3n) is 2.08. The molecular formula is C12H11N3. The molecule has 0 unspecified atom stereocenters. The van der Waals surface area contributed by atoms with Crippen molar-refractivity contribution in [3.63, 3.8) is 0 Å². The molecule has 0 bridgehead atoms. The van der Waals surface area contributed by atoms with Gasteiger partial charge in [-0.2, -0.15) is 5.11 Å². The zero-order valence-corrected chi connectivity index (χ0v) is 8.14. The first kappa shape index (κ1) is 9.40. The maximum Gasteiger partial charge on any atom is 0.108 e. The Hall–Kier alpha value is -2.16. The SMILES string of the molecule is N=Nc1ccccc1Nc1ccccc1. The number of hydrogen-bond donors (Lipinski definition) is 2. The number of hydrogen-bond acceptors (Lipinski definition) is 3. The van der Waals surface area contributed by atoms with Crippen LogP contribution >= 0.6 is 0 Å². The zero-order chi connectivity index (χ0) is 10.5. The van der Waals surface area contributed by atoms with Crippen LogP contribution in [-0.4, -0.2) is 0 Å². The zero-order valence-electron chi connectivity index (χ0n) is 8.14. The van der Waals surface area contributed by atoms with Crippen LogP contribution in [0.2, 0.25) is 0 Å². The molecule has 0 aliphatic carbocycles. The highest BCUT2D eigenvalue weighted by atomic mass is 15.0. The van der Waals surface area contributed by atoms with E-state index >= 15 is 0 Å². The van der Waals surface area contributed by atoms with E-state index < -0.39 is 0 Å². The lowest BCUT2D eigenvalue weighted by atomic mass is 10.2. The summed E-state index contributed by atoms with van der Waals surface area (Å²) in [6, 6.07) is 17.3. The van der Waals surface area contributed by atoms with Crippen molar-refractivity contribution in [3.05, 3.63) is 54.6 Å². The van der Waals surface area contributed by atoms with Crippen molar-refractivity contribution in [2.24, 2.45) is 5.11 Å². The van der Waals surface area contributed by atoms with Crippen molar-refractivity contribution in [3.8, 4) is 0 Å². The average Bonchev–Trinajstić information content (AvgIpc) is 2.31. The minimum atomic E-state index is 0.640. The number of para-hydroxylation sites is 3. The monoisotopic (exact) mass is 197 g/mol. The Kier molecular flexibility index (Phi) is 2.74. The lowest BCUT2D eigenvalue weighted by molar-refractivity contribution is 1.15. The molecule has 2 rings (SSSR count). The number of nitrogens with one attached hydrogen (secondary N) is 2. The van der Waals surface area contributed by atoms with Gasteiger partial charge in [-0.3, -0.25) is 0 Å². The Labute approximate surface area is 88.3 Å². The first-order valence-electron chi connectivity index (χ1n) is 4.69. The molecule has 0 aromatic heterocycles. The maximum atomic E-state index is 7.04. The molecule has 3 nitrogen and oxygen atoms in total. The van der Waals surface area contributed by atoms with Crippen LogP contribution in [-0.2, 0) is 0 Å². The van der Waals surface area contributed by atoms with Crippen molar-refractivity contribution in [1.82, 2.24) is 0 Å². The molecule has 0 fully saturated rings. The largest absolute Gasteiger partial charge is 0.354 e. The van der Waals surface area contributed by atoms with Crippen LogP contribution in [0, 0.1) is 5.53 Å². The smallest absolute Gasteiger partial charge is 0.108 e. The molecule has 0 aliphatic rings. The summed E-state index contributed by atoms with van der Waals surface area (Å²) >= 11 is 0. The average molecular weight is 197 g/mol. The van der Waals surface area contributed by atoms with Gasteiger partial charge in [0.05, 0.1) is 5.69 Å². The van der Waals surface area contributed by atoms with E-state index in [0.717, 1.165) is 11.4 Å². The second-order valence-corrected chi connectivity index (χ2v) is 3.12. The van der Waals surface area contributed by atoms with Crippen LogP contribution in [0.25, 0.3) is 0 Å². The van der Waals surface area contributed by atoms with Crippen LogP contribution in [0.1, 0.15) is 0 Å². The molecule has 15 heavy (non-hydrogen) atoms. The van der Waals surface area contributed by atoms with Gasteiger partial charge >= 0.3 is 0 Å². The van der Waals surface area contributed by atoms with Gasteiger partial charge in [-0.05, 0) is 24.3 Å². The number of benzene rings is 2. The highest BCUT2D eigenvalue weighted by Crippen LogP contribution is 2.26. The summed E-state index contributed by atoms with van der Waals surface area (Å²) in [5.74, 6) is 0. The van der Waals surface area contributed by atoms with Gasteiger partial charge < -0.3 is 5.32 Å². The van der Waals surface area contributed by atoms with Gasteiger partial charge in [-0.25, -0.2) is 5.53 Å². The fourth-order valence-electron chi connectivity index (χ4n) is 1.35. The third kappa shape index (κ3) is 2.20. The fourth-order valence-corrected chi connectivity index (χ4v) is 1.35. The predicted octanol–water partition coefficient (Wildman–Crippen LogP) is 4.09. The topological polar surface area (TPSA) is 48.2 Å². The lowest BCUT2D eigenvalue weighted by Gasteiger charge is -2.07. The summed E-state index contributed by atoms with van der Waals surface area (Å²) in [5.41, 5.74) is 9.52. The van der Waals surface area contributed by atoms with Crippen LogP contribution in [0.5, 0.6) is 0 Å². The van der Waals surface area contributed by atoms with Crippen molar-refractivity contribution < 1.29 is 0 Å². The summed E-state index contributed by atoms with van der Waals surface area (Å²) in [5, 5.41) is 6.66. The van der Waals surface area contributed by atoms with Crippen LogP contribution in [0.4, 0.5) is 17.1 Å². The minimum Gasteiger partial charge on any atom is -0.354 e. The van der Waals surface area contributed by atoms with Crippen molar-refractivity contribution in [1.29, 1.82) is 5.53 Å². The van der Waals surface area contributed by atoms with Crippen LogP contribution in [0.3, 0.4) is 0 Å². The summed E-state index contributed by atoms with van der Waals surface area (Å²) in [6.45, 7) is 0. The molecule has 0 atom stereocenters. The van der Waals surface area contributed by atoms with Crippen molar-refractivity contribution in [2.75, 3.05) is 5.32 Å². The lowest BCUT2D eigenvalue weighted by Crippen LogP contribution is -1.89. The molecule has 2 N–H and O–H groups in total. The van der Waals surface area contributed by atoms with E-state index in [2.05, 4.69) is 10.4 Å². The Morgan fingerprint density at radius 1 is 0.867 bits per heavy atom. The summed E-state index contributed by atoms with van der Waals surface area (Å²) in [7, 11) is 0. The van der Waals surface area contributed by atoms with E-state index in [0.29, 0.717) is 5.69 Å². The quantitative estimate of drug-likeness (QED) is 0.715. The highest BCUT2D eigenvalue weighted by Gasteiger charge is 1.99. The van der Waals surface area contributed by atoms with Gasteiger partial charge in [-0.15, -0.1) is 0 Å². The molecule has 0 spiro atoms. The van der Waals surface area contributed by atoms with E-state index in [-0.39, 0.29) is 0 Å². The van der Waals surface area contributed by atoms with E-state index in [9.17, 15) is 0 Å². The Balaban J connectivity index is 2.28. The molecule has 0 radical (unpaired) electrons. The molecule has 2 aromatic rings. The molecule has 3 heteroatoms. The van der Waals surface area contributed by atoms with Gasteiger partial charge in [-0.1, -0.05) is 30.3 Å². The fraction of sp³-hybridized carbons (Fsp3) is 0.